The molecule has 2 rings (SSSR count). The van der Waals surface area contributed by atoms with Crippen LogP contribution < -0.4 is 5.73 Å². The second-order valence-corrected chi connectivity index (χ2v) is 3.57. The number of hydrogen-bond donors (Lipinski definition) is 1. The van der Waals surface area contributed by atoms with Gasteiger partial charge in [0.25, 0.3) is 0 Å². The van der Waals surface area contributed by atoms with E-state index in [0.29, 0.717) is 5.56 Å². The van der Waals surface area contributed by atoms with Gasteiger partial charge in [0.15, 0.2) is 0 Å². The Kier molecular flexibility index (Phi) is 2.57. The van der Waals surface area contributed by atoms with Crippen molar-refractivity contribution in [2.75, 3.05) is 0 Å². The van der Waals surface area contributed by atoms with Crippen LogP contribution in [0.4, 0.5) is 0 Å². The first-order valence-electron chi connectivity index (χ1n) is 4.90. The highest BCUT2D eigenvalue weighted by Gasteiger charge is 2.16. The van der Waals surface area contributed by atoms with Crippen LogP contribution in [-0.2, 0) is 4.79 Å². The van der Waals surface area contributed by atoms with Crippen LogP contribution in [0.3, 0.4) is 0 Å². The van der Waals surface area contributed by atoms with Crippen molar-refractivity contribution >= 4 is 16.7 Å². The SMILES string of the molecule is N#C[C@H](C(N)=O)c1ccc2ccccc2c1. The summed E-state index contributed by atoms with van der Waals surface area (Å²) in [4.78, 5) is 11.1. The first-order valence-corrected chi connectivity index (χ1v) is 4.90. The number of amides is 1. The predicted octanol–water partition coefficient (Wildman–Crippen LogP) is 1.93. The van der Waals surface area contributed by atoms with Crippen LogP contribution in [0.1, 0.15) is 11.5 Å². The van der Waals surface area contributed by atoms with Gasteiger partial charge in [0.2, 0.25) is 5.91 Å². The molecule has 0 bridgehead atoms. The van der Waals surface area contributed by atoms with Gasteiger partial charge in [-0.3, -0.25) is 4.79 Å². The van der Waals surface area contributed by atoms with E-state index in [9.17, 15) is 4.79 Å². The number of rotatable bonds is 2. The molecule has 0 aromatic heterocycles. The fourth-order valence-corrected chi connectivity index (χ4v) is 1.69. The second-order valence-electron chi connectivity index (χ2n) is 3.57. The van der Waals surface area contributed by atoms with E-state index in [4.69, 9.17) is 11.0 Å². The molecule has 0 saturated carbocycles. The summed E-state index contributed by atoms with van der Waals surface area (Å²) < 4.78 is 0. The lowest BCUT2D eigenvalue weighted by atomic mass is 9.97. The molecule has 2 aromatic rings. The molecule has 16 heavy (non-hydrogen) atoms. The minimum atomic E-state index is -0.871. The van der Waals surface area contributed by atoms with Crippen molar-refractivity contribution in [3.05, 3.63) is 48.0 Å². The van der Waals surface area contributed by atoms with Crippen molar-refractivity contribution in [1.29, 1.82) is 5.26 Å². The van der Waals surface area contributed by atoms with Gasteiger partial charge in [-0.25, -0.2) is 0 Å². The van der Waals surface area contributed by atoms with Crippen molar-refractivity contribution in [2.45, 2.75) is 5.92 Å². The average molecular weight is 210 g/mol. The van der Waals surface area contributed by atoms with Gasteiger partial charge in [-0.05, 0) is 22.4 Å². The summed E-state index contributed by atoms with van der Waals surface area (Å²) in [6.45, 7) is 0. The number of fused-ring (bicyclic) bond motifs is 1. The van der Waals surface area contributed by atoms with Gasteiger partial charge in [0.1, 0.15) is 5.92 Å². The van der Waals surface area contributed by atoms with E-state index in [2.05, 4.69) is 0 Å². The lowest BCUT2D eigenvalue weighted by Gasteiger charge is -2.06. The number of hydrogen-bond acceptors (Lipinski definition) is 2. The van der Waals surface area contributed by atoms with Crippen LogP contribution in [0.5, 0.6) is 0 Å². The summed E-state index contributed by atoms with van der Waals surface area (Å²) in [5.74, 6) is -1.48. The summed E-state index contributed by atoms with van der Waals surface area (Å²) in [5, 5.41) is 10.9. The third-order valence-corrected chi connectivity index (χ3v) is 2.52. The molecule has 0 aliphatic heterocycles. The maximum absolute atomic E-state index is 11.1. The smallest absolute Gasteiger partial charge is 0.239 e. The lowest BCUT2D eigenvalue weighted by Crippen LogP contribution is -2.19. The molecule has 1 amide bonds. The maximum Gasteiger partial charge on any atom is 0.239 e. The Bertz CT molecular complexity index is 584. The summed E-state index contributed by atoms with van der Waals surface area (Å²) in [6, 6.07) is 15.2. The molecule has 0 aliphatic rings. The summed E-state index contributed by atoms with van der Waals surface area (Å²) >= 11 is 0. The highest BCUT2D eigenvalue weighted by atomic mass is 16.1. The van der Waals surface area contributed by atoms with Crippen LogP contribution in [-0.4, -0.2) is 5.91 Å². The van der Waals surface area contributed by atoms with Crippen LogP contribution in [0.15, 0.2) is 42.5 Å². The van der Waals surface area contributed by atoms with Gasteiger partial charge in [-0.2, -0.15) is 5.26 Å². The molecule has 2 aromatic carbocycles. The Hall–Kier alpha value is -2.34. The minimum Gasteiger partial charge on any atom is -0.368 e. The molecule has 78 valence electrons. The lowest BCUT2D eigenvalue weighted by molar-refractivity contribution is -0.118. The number of benzene rings is 2. The molecule has 0 heterocycles. The van der Waals surface area contributed by atoms with E-state index in [-0.39, 0.29) is 0 Å². The third kappa shape index (κ3) is 1.73. The number of carbonyl (C=O) groups is 1. The Balaban J connectivity index is 2.55. The van der Waals surface area contributed by atoms with E-state index in [1.165, 1.54) is 0 Å². The van der Waals surface area contributed by atoms with Crippen molar-refractivity contribution in [2.24, 2.45) is 5.73 Å². The van der Waals surface area contributed by atoms with Gasteiger partial charge < -0.3 is 5.73 Å². The minimum absolute atomic E-state index is 0.613. The molecule has 0 unspecified atom stereocenters. The van der Waals surface area contributed by atoms with E-state index in [1.807, 2.05) is 42.5 Å². The van der Waals surface area contributed by atoms with Crippen LogP contribution in [0.2, 0.25) is 0 Å². The molecule has 2 N–H and O–H groups in total. The number of nitrogens with zero attached hydrogens (tertiary/aromatic N) is 1. The molecule has 0 fully saturated rings. The van der Waals surface area contributed by atoms with Crippen molar-refractivity contribution in [3.8, 4) is 6.07 Å². The summed E-state index contributed by atoms with van der Waals surface area (Å²) in [6.07, 6.45) is 0. The van der Waals surface area contributed by atoms with Gasteiger partial charge >= 0.3 is 0 Å². The van der Waals surface area contributed by atoms with Crippen molar-refractivity contribution in [3.63, 3.8) is 0 Å². The Labute approximate surface area is 93.1 Å². The first kappa shape index (κ1) is 10.2. The van der Waals surface area contributed by atoms with Gasteiger partial charge in [0.05, 0.1) is 6.07 Å². The fourth-order valence-electron chi connectivity index (χ4n) is 1.69. The molecular formula is C13H10N2O. The van der Waals surface area contributed by atoms with Crippen molar-refractivity contribution < 1.29 is 4.79 Å². The zero-order valence-corrected chi connectivity index (χ0v) is 8.55. The van der Waals surface area contributed by atoms with Gasteiger partial charge in [-0.1, -0.05) is 36.4 Å². The van der Waals surface area contributed by atoms with E-state index in [1.54, 1.807) is 6.07 Å². The maximum atomic E-state index is 11.1. The number of nitriles is 1. The monoisotopic (exact) mass is 210 g/mol. The zero-order chi connectivity index (χ0) is 11.5. The number of primary amides is 1. The first-order chi connectivity index (χ1) is 7.72. The highest BCUT2D eigenvalue weighted by Crippen LogP contribution is 2.21. The topological polar surface area (TPSA) is 66.9 Å². The molecular weight excluding hydrogens is 200 g/mol. The Morgan fingerprint density at radius 1 is 1.19 bits per heavy atom. The zero-order valence-electron chi connectivity index (χ0n) is 8.55. The number of carbonyl (C=O) groups excluding carboxylic acids is 1. The average Bonchev–Trinajstić information content (AvgIpc) is 2.29. The third-order valence-electron chi connectivity index (χ3n) is 2.52. The van der Waals surface area contributed by atoms with E-state index < -0.39 is 11.8 Å². The Morgan fingerprint density at radius 2 is 1.88 bits per heavy atom. The van der Waals surface area contributed by atoms with Crippen molar-refractivity contribution in [1.82, 2.24) is 0 Å². The molecule has 0 radical (unpaired) electrons. The highest BCUT2D eigenvalue weighted by molar-refractivity contribution is 5.88. The fraction of sp³-hybridized carbons (Fsp3) is 0.0769. The largest absolute Gasteiger partial charge is 0.368 e. The normalized spacial score (nSPS) is 11.9. The molecule has 3 heteroatoms. The summed E-state index contributed by atoms with van der Waals surface area (Å²) in [5.41, 5.74) is 5.81. The molecule has 0 spiro atoms. The van der Waals surface area contributed by atoms with E-state index in [0.717, 1.165) is 10.8 Å². The van der Waals surface area contributed by atoms with Crippen LogP contribution in [0.25, 0.3) is 10.8 Å². The van der Waals surface area contributed by atoms with Gasteiger partial charge in [-0.15, -0.1) is 0 Å². The van der Waals surface area contributed by atoms with Gasteiger partial charge in [0, 0.05) is 0 Å². The van der Waals surface area contributed by atoms with Crippen LogP contribution >= 0.6 is 0 Å². The second kappa shape index (κ2) is 4.03. The predicted molar refractivity (Wildman–Crippen MR) is 61.5 cm³/mol. The quantitative estimate of drug-likeness (QED) is 0.822. The number of nitrogens with two attached hydrogens (primary N) is 1. The standard InChI is InChI=1S/C13H10N2O/c14-8-12(13(15)16)11-6-5-9-3-1-2-4-10(9)7-11/h1-7,12H,(H2,15,16)/t12-/m0/s1. The van der Waals surface area contributed by atoms with E-state index >= 15 is 0 Å². The van der Waals surface area contributed by atoms with Crippen LogP contribution in [0, 0.1) is 11.3 Å². The molecule has 3 nitrogen and oxygen atoms in total. The molecule has 1 atom stereocenters. The summed E-state index contributed by atoms with van der Waals surface area (Å²) in [7, 11) is 0. The molecule has 0 aliphatic carbocycles. The Morgan fingerprint density at radius 3 is 2.50 bits per heavy atom. The molecule has 0 saturated heterocycles.